The Kier molecular flexibility index (Phi) is 5.05. The van der Waals surface area contributed by atoms with E-state index in [0.29, 0.717) is 12.5 Å². The lowest BCUT2D eigenvalue weighted by molar-refractivity contribution is -0.121. The van der Waals surface area contributed by atoms with Crippen LogP contribution in [0.4, 0.5) is 0 Å². The second-order valence-corrected chi connectivity index (χ2v) is 4.72. The highest BCUT2D eigenvalue weighted by atomic mass is 16.3. The summed E-state index contributed by atoms with van der Waals surface area (Å²) >= 11 is 0. The molecule has 1 aliphatic rings. The molecule has 1 aliphatic carbocycles. The number of nitrogens with zero attached hydrogens (tertiary/aromatic N) is 1. The van der Waals surface area contributed by atoms with E-state index in [1.54, 1.807) is 0 Å². The Bertz CT molecular complexity index is 199. The molecule has 4 nitrogen and oxygen atoms in total. The average Bonchev–Trinajstić information content (AvgIpc) is 2.16. The molecule has 88 valence electrons. The van der Waals surface area contributed by atoms with Gasteiger partial charge in [0.25, 0.3) is 0 Å². The van der Waals surface area contributed by atoms with Gasteiger partial charge >= 0.3 is 0 Å². The van der Waals surface area contributed by atoms with Crippen molar-refractivity contribution in [2.75, 3.05) is 27.2 Å². The lowest BCUT2D eigenvalue weighted by atomic mass is 9.87. The Morgan fingerprint density at radius 1 is 1.33 bits per heavy atom. The number of carbonyl (C=O) groups is 1. The van der Waals surface area contributed by atoms with Crippen LogP contribution in [-0.2, 0) is 4.79 Å². The van der Waals surface area contributed by atoms with Crippen LogP contribution in [0.2, 0.25) is 0 Å². The number of rotatable bonds is 4. The maximum Gasteiger partial charge on any atom is 0.234 e. The summed E-state index contributed by atoms with van der Waals surface area (Å²) in [6, 6.07) is 0. The van der Waals surface area contributed by atoms with Crippen LogP contribution in [0.1, 0.15) is 25.7 Å². The molecule has 0 bridgehead atoms. The first kappa shape index (κ1) is 12.5. The predicted molar refractivity (Wildman–Crippen MR) is 59.5 cm³/mol. The summed E-state index contributed by atoms with van der Waals surface area (Å²) in [5.41, 5.74) is 0. The van der Waals surface area contributed by atoms with E-state index in [0.717, 1.165) is 32.2 Å². The third-order valence-electron chi connectivity index (χ3n) is 2.86. The van der Waals surface area contributed by atoms with Crippen molar-refractivity contribution in [3.63, 3.8) is 0 Å². The zero-order valence-corrected chi connectivity index (χ0v) is 9.70. The first-order chi connectivity index (χ1) is 7.08. The number of hydrogen-bond donors (Lipinski definition) is 2. The molecule has 0 aromatic rings. The minimum atomic E-state index is -0.112. The molecule has 1 fully saturated rings. The SMILES string of the molecule is CN(C)CC(=O)NCC1CCC(O)CC1. The normalized spacial score (nSPS) is 26.7. The number of likely N-dealkylation sites (N-methyl/N-ethyl adjacent to an activating group) is 1. The molecule has 1 saturated carbocycles. The molecular formula is C11H22N2O2. The summed E-state index contributed by atoms with van der Waals surface area (Å²) < 4.78 is 0. The number of aliphatic hydroxyl groups excluding tert-OH is 1. The highest BCUT2D eigenvalue weighted by molar-refractivity contribution is 5.77. The van der Waals surface area contributed by atoms with Crippen LogP contribution >= 0.6 is 0 Å². The predicted octanol–water partition coefficient (Wildman–Crippen LogP) is 0.215. The van der Waals surface area contributed by atoms with Gasteiger partial charge in [0.15, 0.2) is 0 Å². The molecule has 0 heterocycles. The Labute approximate surface area is 91.6 Å². The highest BCUT2D eigenvalue weighted by Gasteiger charge is 2.19. The van der Waals surface area contributed by atoms with Gasteiger partial charge in [-0.05, 0) is 45.7 Å². The smallest absolute Gasteiger partial charge is 0.234 e. The van der Waals surface area contributed by atoms with Gasteiger partial charge in [-0.1, -0.05) is 0 Å². The van der Waals surface area contributed by atoms with Crippen molar-refractivity contribution in [2.45, 2.75) is 31.8 Å². The molecule has 0 atom stereocenters. The average molecular weight is 214 g/mol. The molecule has 15 heavy (non-hydrogen) atoms. The van der Waals surface area contributed by atoms with Gasteiger partial charge in [0.05, 0.1) is 12.6 Å². The zero-order chi connectivity index (χ0) is 11.3. The third-order valence-corrected chi connectivity index (χ3v) is 2.86. The van der Waals surface area contributed by atoms with Crippen molar-refractivity contribution in [2.24, 2.45) is 5.92 Å². The number of carbonyl (C=O) groups excluding carboxylic acids is 1. The Balaban J connectivity index is 2.12. The lowest BCUT2D eigenvalue weighted by Crippen LogP contribution is -2.37. The van der Waals surface area contributed by atoms with Crippen LogP contribution in [-0.4, -0.2) is 49.2 Å². The van der Waals surface area contributed by atoms with Crippen molar-refractivity contribution in [3.05, 3.63) is 0 Å². The minimum Gasteiger partial charge on any atom is -0.393 e. The third kappa shape index (κ3) is 5.14. The second kappa shape index (κ2) is 6.08. The molecule has 1 amide bonds. The highest BCUT2D eigenvalue weighted by Crippen LogP contribution is 2.23. The number of nitrogens with one attached hydrogen (secondary N) is 1. The van der Waals surface area contributed by atoms with Gasteiger partial charge in [-0.2, -0.15) is 0 Å². The van der Waals surface area contributed by atoms with Gasteiger partial charge < -0.3 is 15.3 Å². The molecule has 4 heteroatoms. The number of hydrogen-bond acceptors (Lipinski definition) is 3. The van der Waals surface area contributed by atoms with Gasteiger partial charge in [0.2, 0.25) is 5.91 Å². The molecule has 0 aromatic carbocycles. The van der Waals surface area contributed by atoms with E-state index in [-0.39, 0.29) is 12.0 Å². The van der Waals surface area contributed by atoms with E-state index in [1.807, 2.05) is 19.0 Å². The van der Waals surface area contributed by atoms with E-state index >= 15 is 0 Å². The summed E-state index contributed by atoms with van der Waals surface area (Å²) in [6.45, 7) is 1.22. The van der Waals surface area contributed by atoms with E-state index in [9.17, 15) is 9.90 Å². The van der Waals surface area contributed by atoms with Crippen molar-refractivity contribution in [3.8, 4) is 0 Å². The summed E-state index contributed by atoms with van der Waals surface area (Å²) in [5.74, 6) is 0.644. The molecule has 2 N–H and O–H groups in total. The Morgan fingerprint density at radius 3 is 2.47 bits per heavy atom. The van der Waals surface area contributed by atoms with Crippen LogP contribution in [0, 0.1) is 5.92 Å². The maximum atomic E-state index is 11.4. The van der Waals surface area contributed by atoms with Gasteiger partial charge in [0.1, 0.15) is 0 Å². The zero-order valence-electron chi connectivity index (χ0n) is 9.70. The largest absolute Gasteiger partial charge is 0.393 e. The monoisotopic (exact) mass is 214 g/mol. The molecule has 0 radical (unpaired) electrons. The summed E-state index contributed by atoms with van der Waals surface area (Å²) in [5, 5.41) is 12.3. The van der Waals surface area contributed by atoms with Crippen LogP contribution in [0.25, 0.3) is 0 Å². The molecule has 0 saturated heterocycles. The first-order valence-corrected chi connectivity index (χ1v) is 5.67. The van der Waals surface area contributed by atoms with E-state index in [4.69, 9.17) is 0 Å². The topological polar surface area (TPSA) is 52.6 Å². The Morgan fingerprint density at radius 2 is 1.93 bits per heavy atom. The molecular weight excluding hydrogens is 192 g/mol. The van der Waals surface area contributed by atoms with Crippen LogP contribution < -0.4 is 5.32 Å². The van der Waals surface area contributed by atoms with E-state index < -0.39 is 0 Å². The minimum absolute atomic E-state index is 0.0890. The quantitative estimate of drug-likeness (QED) is 0.703. The molecule has 0 aliphatic heterocycles. The van der Waals surface area contributed by atoms with Crippen molar-refractivity contribution in [1.29, 1.82) is 0 Å². The number of amides is 1. The van der Waals surface area contributed by atoms with E-state index in [1.165, 1.54) is 0 Å². The van der Waals surface area contributed by atoms with Crippen LogP contribution in [0.5, 0.6) is 0 Å². The first-order valence-electron chi connectivity index (χ1n) is 5.67. The van der Waals surface area contributed by atoms with Crippen molar-refractivity contribution >= 4 is 5.91 Å². The standard InChI is InChI=1S/C11H22N2O2/c1-13(2)8-11(15)12-7-9-3-5-10(14)6-4-9/h9-10,14H,3-8H2,1-2H3,(H,12,15). The van der Waals surface area contributed by atoms with Gasteiger partial charge in [-0.25, -0.2) is 0 Å². The molecule has 1 rings (SSSR count). The van der Waals surface area contributed by atoms with Gasteiger partial charge in [-0.3, -0.25) is 4.79 Å². The summed E-state index contributed by atoms with van der Waals surface area (Å²) in [4.78, 5) is 13.2. The maximum absolute atomic E-state index is 11.4. The lowest BCUT2D eigenvalue weighted by Gasteiger charge is -2.25. The van der Waals surface area contributed by atoms with E-state index in [2.05, 4.69) is 5.32 Å². The van der Waals surface area contributed by atoms with Crippen LogP contribution in [0.15, 0.2) is 0 Å². The molecule has 0 aromatic heterocycles. The van der Waals surface area contributed by atoms with Crippen LogP contribution in [0.3, 0.4) is 0 Å². The fourth-order valence-electron chi connectivity index (χ4n) is 1.95. The summed E-state index contributed by atoms with van der Waals surface area (Å²) in [7, 11) is 3.77. The van der Waals surface area contributed by atoms with Crippen molar-refractivity contribution in [1.82, 2.24) is 10.2 Å². The second-order valence-electron chi connectivity index (χ2n) is 4.72. The summed E-state index contributed by atoms with van der Waals surface area (Å²) in [6.07, 6.45) is 3.72. The fourth-order valence-corrected chi connectivity index (χ4v) is 1.95. The number of aliphatic hydroxyl groups is 1. The van der Waals surface area contributed by atoms with Gasteiger partial charge in [-0.15, -0.1) is 0 Å². The molecule has 0 spiro atoms. The van der Waals surface area contributed by atoms with Gasteiger partial charge in [0, 0.05) is 6.54 Å². The van der Waals surface area contributed by atoms with Crippen molar-refractivity contribution < 1.29 is 9.90 Å². The molecule has 0 unspecified atom stereocenters. The Hall–Kier alpha value is -0.610. The fraction of sp³-hybridized carbons (Fsp3) is 0.909.